The van der Waals surface area contributed by atoms with Crippen LogP contribution in [-0.2, 0) is 12.8 Å². The van der Waals surface area contributed by atoms with Gasteiger partial charge in [0.15, 0.2) is 5.69 Å². The lowest BCUT2D eigenvalue weighted by Crippen LogP contribution is -2.24. The van der Waals surface area contributed by atoms with Crippen LogP contribution in [0.5, 0.6) is 5.75 Å². The maximum Gasteiger partial charge on any atom is 0.292 e. The molecule has 2 aromatic rings. The van der Waals surface area contributed by atoms with Gasteiger partial charge in [0.1, 0.15) is 5.75 Å². The molecule has 0 saturated heterocycles. The molecule has 1 aliphatic rings. The van der Waals surface area contributed by atoms with Crippen LogP contribution in [0.25, 0.3) is 0 Å². The number of aromatic nitrogens is 2. The summed E-state index contributed by atoms with van der Waals surface area (Å²) in [7, 11) is 0. The van der Waals surface area contributed by atoms with Gasteiger partial charge < -0.3 is 5.11 Å². The first-order valence-electron chi connectivity index (χ1n) is 9.00. The lowest BCUT2D eigenvalue weighted by atomic mass is 9.76. The van der Waals surface area contributed by atoms with Gasteiger partial charge in [-0.3, -0.25) is 9.89 Å². The summed E-state index contributed by atoms with van der Waals surface area (Å²) in [5.74, 6) is 0.421. The van der Waals surface area contributed by atoms with Crippen LogP contribution in [0.4, 0.5) is 0 Å². The maximum atomic E-state index is 12.5. The zero-order chi connectivity index (χ0) is 18.7. The summed E-state index contributed by atoms with van der Waals surface area (Å²) in [5, 5.41) is 20.7. The fourth-order valence-electron chi connectivity index (χ4n) is 3.62. The highest BCUT2D eigenvalue weighted by Gasteiger charge is 2.28. The van der Waals surface area contributed by atoms with Gasteiger partial charge in [0.05, 0.1) is 6.21 Å². The minimum atomic E-state index is -0.310. The number of carbonyl (C=O) groups is 1. The molecule has 3 N–H and O–H groups in total. The number of aromatic amines is 1. The Hall–Kier alpha value is -2.63. The molecule has 6 heteroatoms. The summed E-state index contributed by atoms with van der Waals surface area (Å²) >= 11 is 0. The molecule has 1 aliphatic carbocycles. The first-order chi connectivity index (χ1) is 12.3. The van der Waals surface area contributed by atoms with Crippen molar-refractivity contribution in [2.75, 3.05) is 0 Å². The van der Waals surface area contributed by atoms with Crippen molar-refractivity contribution >= 4 is 12.1 Å². The largest absolute Gasteiger partial charge is 0.508 e. The summed E-state index contributed by atoms with van der Waals surface area (Å²) < 4.78 is 0. The van der Waals surface area contributed by atoms with E-state index in [2.05, 4.69) is 41.5 Å². The molecule has 1 amide bonds. The molecule has 6 nitrogen and oxygen atoms in total. The van der Waals surface area contributed by atoms with Gasteiger partial charge in [0.2, 0.25) is 0 Å². The zero-order valence-electron chi connectivity index (χ0n) is 15.5. The molecule has 0 bridgehead atoms. The number of hydrogen-bond donors (Lipinski definition) is 3. The van der Waals surface area contributed by atoms with Gasteiger partial charge in [0.25, 0.3) is 5.91 Å². The quantitative estimate of drug-likeness (QED) is 0.580. The van der Waals surface area contributed by atoms with E-state index in [-0.39, 0.29) is 17.1 Å². The Morgan fingerprint density at radius 3 is 3.00 bits per heavy atom. The second kappa shape index (κ2) is 7.32. The summed E-state index contributed by atoms with van der Waals surface area (Å²) in [5.41, 5.74) is 6.05. The molecule has 1 aromatic carbocycles. The van der Waals surface area contributed by atoms with E-state index in [1.54, 1.807) is 24.3 Å². The molecular weight excluding hydrogens is 328 g/mol. The van der Waals surface area contributed by atoms with Gasteiger partial charge in [-0.1, -0.05) is 32.9 Å². The molecule has 1 unspecified atom stereocenters. The maximum absolute atomic E-state index is 12.5. The van der Waals surface area contributed by atoms with Crippen molar-refractivity contribution in [3.05, 3.63) is 46.8 Å². The van der Waals surface area contributed by atoms with E-state index >= 15 is 0 Å². The topological polar surface area (TPSA) is 90.4 Å². The van der Waals surface area contributed by atoms with Crippen LogP contribution in [0, 0.1) is 11.3 Å². The van der Waals surface area contributed by atoms with Gasteiger partial charge in [-0.05, 0) is 54.7 Å². The summed E-state index contributed by atoms with van der Waals surface area (Å²) in [4.78, 5) is 12.5. The second-order valence-corrected chi connectivity index (χ2v) is 8.20. The van der Waals surface area contributed by atoms with Crippen LogP contribution in [0.15, 0.2) is 29.4 Å². The fourth-order valence-corrected chi connectivity index (χ4v) is 3.62. The predicted molar refractivity (Wildman–Crippen MR) is 101 cm³/mol. The molecule has 138 valence electrons. The number of hydrogen-bond acceptors (Lipinski definition) is 4. The van der Waals surface area contributed by atoms with E-state index in [0.29, 0.717) is 17.2 Å². The first-order valence-corrected chi connectivity index (χ1v) is 9.00. The van der Waals surface area contributed by atoms with Crippen molar-refractivity contribution in [3.63, 3.8) is 0 Å². The molecule has 1 aromatic heterocycles. The number of phenolic OH excluding ortho intramolecular Hbond substituents is 1. The number of rotatable bonds is 4. The van der Waals surface area contributed by atoms with Crippen LogP contribution >= 0.6 is 0 Å². The van der Waals surface area contributed by atoms with Gasteiger partial charge in [-0.2, -0.15) is 10.2 Å². The number of aromatic hydroxyl groups is 1. The van der Waals surface area contributed by atoms with Gasteiger partial charge in [0, 0.05) is 11.3 Å². The smallest absolute Gasteiger partial charge is 0.292 e. The van der Waals surface area contributed by atoms with Crippen molar-refractivity contribution in [3.8, 4) is 5.75 Å². The van der Waals surface area contributed by atoms with Crippen molar-refractivity contribution in [2.24, 2.45) is 16.4 Å². The third-order valence-electron chi connectivity index (χ3n) is 4.61. The molecule has 0 aliphatic heterocycles. The minimum absolute atomic E-state index is 0.159. The monoisotopic (exact) mass is 354 g/mol. The van der Waals surface area contributed by atoms with Gasteiger partial charge >= 0.3 is 0 Å². The number of benzene rings is 1. The number of aryl methyl sites for hydroxylation is 1. The van der Waals surface area contributed by atoms with Crippen molar-refractivity contribution in [1.29, 1.82) is 0 Å². The molecule has 0 saturated carbocycles. The molecule has 1 atom stereocenters. The Labute approximate surface area is 153 Å². The number of H-pyrrole nitrogens is 1. The minimum Gasteiger partial charge on any atom is -0.508 e. The number of amides is 1. The van der Waals surface area contributed by atoms with Crippen molar-refractivity contribution in [1.82, 2.24) is 15.6 Å². The number of fused-ring (bicyclic) bond motifs is 1. The molecule has 26 heavy (non-hydrogen) atoms. The Balaban J connectivity index is 1.67. The van der Waals surface area contributed by atoms with E-state index < -0.39 is 0 Å². The number of hydrazone groups is 1. The zero-order valence-corrected chi connectivity index (χ0v) is 15.5. The molecular formula is C20H26N4O2. The van der Waals surface area contributed by atoms with E-state index in [1.165, 1.54) is 6.21 Å². The Kier molecular flexibility index (Phi) is 5.11. The highest BCUT2D eigenvalue weighted by atomic mass is 16.3. The van der Waals surface area contributed by atoms with E-state index in [1.807, 2.05) is 0 Å². The summed E-state index contributed by atoms with van der Waals surface area (Å²) in [6, 6.07) is 6.67. The molecule has 0 fully saturated rings. The van der Waals surface area contributed by atoms with E-state index in [4.69, 9.17) is 0 Å². The Morgan fingerprint density at radius 2 is 2.27 bits per heavy atom. The van der Waals surface area contributed by atoms with Gasteiger partial charge in [-0.15, -0.1) is 0 Å². The predicted octanol–water partition coefficient (Wildman–Crippen LogP) is 3.42. The van der Waals surface area contributed by atoms with E-state index in [0.717, 1.165) is 36.9 Å². The first kappa shape index (κ1) is 18.2. The number of nitrogens with one attached hydrogen (secondary N) is 2. The lowest BCUT2D eigenvalue weighted by Gasteiger charge is -2.28. The lowest BCUT2D eigenvalue weighted by molar-refractivity contribution is 0.0948. The SMILES string of the molecule is CC(C)(C)CC1CCc2[nH]nc(C(=O)NN=Cc3cccc(O)c3)c2C1. The third kappa shape index (κ3) is 4.50. The highest BCUT2D eigenvalue weighted by Crippen LogP contribution is 2.34. The van der Waals surface area contributed by atoms with Crippen LogP contribution in [-0.4, -0.2) is 27.4 Å². The summed E-state index contributed by atoms with van der Waals surface area (Å²) in [6.07, 6.45) is 5.57. The number of nitrogens with zero attached hydrogens (tertiary/aromatic N) is 2. The average molecular weight is 354 g/mol. The molecule has 0 spiro atoms. The van der Waals surface area contributed by atoms with Crippen LogP contribution in [0.1, 0.15) is 60.9 Å². The van der Waals surface area contributed by atoms with Crippen molar-refractivity contribution in [2.45, 2.75) is 46.5 Å². The number of carbonyl (C=O) groups excluding carboxylic acids is 1. The Morgan fingerprint density at radius 1 is 1.46 bits per heavy atom. The van der Waals surface area contributed by atoms with Gasteiger partial charge in [-0.25, -0.2) is 5.43 Å². The second-order valence-electron chi connectivity index (χ2n) is 8.20. The van der Waals surface area contributed by atoms with Crippen LogP contribution < -0.4 is 5.43 Å². The number of phenols is 1. The molecule has 3 rings (SSSR count). The normalized spacial score (nSPS) is 17.3. The van der Waals surface area contributed by atoms with Crippen LogP contribution in [0.3, 0.4) is 0 Å². The Bertz CT molecular complexity index is 817. The standard InChI is InChI=1S/C20H26N4O2/c1-20(2,3)11-13-7-8-17-16(10-13)18(23-22-17)19(26)24-21-12-14-5-4-6-15(25)9-14/h4-6,9,12-13,25H,7-8,10-11H2,1-3H3,(H,22,23)(H,24,26). The highest BCUT2D eigenvalue weighted by molar-refractivity contribution is 5.94. The molecule has 0 radical (unpaired) electrons. The average Bonchev–Trinajstić information content (AvgIpc) is 2.96. The van der Waals surface area contributed by atoms with Crippen LogP contribution in [0.2, 0.25) is 0 Å². The van der Waals surface area contributed by atoms with Crippen molar-refractivity contribution < 1.29 is 9.90 Å². The summed E-state index contributed by atoms with van der Waals surface area (Å²) in [6.45, 7) is 6.75. The molecule has 1 heterocycles. The fraction of sp³-hybridized carbons (Fsp3) is 0.450. The third-order valence-corrected chi connectivity index (χ3v) is 4.61. The van der Waals surface area contributed by atoms with E-state index in [9.17, 15) is 9.90 Å².